The fourth-order valence-corrected chi connectivity index (χ4v) is 3.73. The second-order valence-electron chi connectivity index (χ2n) is 6.08. The van der Waals surface area contributed by atoms with Crippen LogP contribution in [0, 0.1) is 29.1 Å². The average molecular weight is 191 g/mol. The van der Waals surface area contributed by atoms with Crippen LogP contribution in [0.15, 0.2) is 11.6 Å². The van der Waals surface area contributed by atoms with Gasteiger partial charge in [-0.15, -0.1) is 0 Å². The fraction of sp³-hybridized carbons (Fsp3) is 0.846. The topological polar surface area (TPSA) is 26.0 Å². The van der Waals surface area contributed by atoms with Gasteiger partial charge in [-0.2, -0.15) is 0 Å². The number of allylic oxidation sites excluding steroid dienone is 2. The molecule has 0 saturated heterocycles. The molecule has 4 rings (SSSR count). The van der Waals surface area contributed by atoms with E-state index in [1.165, 1.54) is 19.3 Å². The van der Waals surface area contributed by atoms with Crippen LogP contribution >= 0.6 is 0 Å². The Labute approximate surface area is 86.8 Å². The second kappa shape index (κ2) is 2.63. The molecule has 1 heteroatoms. The van der Waals surface area contributed by atoms with Crippen molar-refractivity contribution in [3.63, 3.8) is 0 Å². The Morgan fingerprint density at radius 3 is 2.71 bits per heavy atom. The van der Waals surface area contributed by atoms with E-state index in [0.717, 1.165) is 30.2 Å². The number of fused-ring (bicyclic) bond motifs is 1. The van der Waals surface area contributed by atoms with E-state index in [1.54, 1.807) is 5.57 Å². The van der Waals surface area contributed by atoms with Crippen LogP contribution in [0.4, 0.5) is 0 Å². The Kier molecular flexibility index (Phi) is 1.69. The van der Waals surface area contributed by atoms with Gasteiger partial charge in [-0.1, -0.05) is 25.5 Å². The summed E-state index contributed by atoms with van der Waals surface area (Å²) in [5, 5.41) is 0. The van der Waals surface area contributed by atoms with E-state index >= 15 is 0 Å². The lowest BCUT2D eigenvalue weighted by atomic mass is 9.48. The molecular weight excluding hydrogens is 170 g/mol. The number of nitrogens with two attached hydrogens (primary N) is 1. The molecule has 0 aromatic heterocycles. The molecule has 4 atom stereocenters. The zero-order valence-corrected chi connectivity index (χ0v) is 9.29. The average Bonchev–Trinajstić information content (AvgIpc) is 2.96. The molecule has 14 heavy (non-hydrogen) atoms. The maximum atomic E-state index is 5.73. The molecule has 0 aliphatic heterocycles. The summed E-state index contributed by atoms with van der Waals surface area (Å²) in [6.07, 6.45) is 6.73. The molecule has 2 fully saturated rings. The van der Waals surface area contributed by atoms with Crippen molar-refractivity contribution in [3.05, 3.63) is 11.6 Å². The minimum absolute atomic E-state index is 0.603. The lowest BCUT2D eigenvalue weighted by molar-refractivity contribution is -0.00990. The summed E-state index contributed by atoms with van der Waals surface area (Å²) in [6, 6.07) is 0. The molecule has 0 spiro atoms. The van der Waals surface area contributed by atoms with Gasteiger partial charge in [0.2, 0.25) is 0 Å². The van der Waals surface area contributed by atoms with Crippen molar-refractivity contribution in [1.82, 2.24) is 0 Å². The van der Waals surface area contributed by atoms with Gasteiger partial charge in [0.05, 0.1) is 0 Å². The molecule has 0 radical (unpaired) electrons. The van der Waals surface area contributed by atoms with E-state index in [-0.39, 0.29) is 0 Å². The first kappa shape index (κ1) is 8.96. The second-order valence-corrected chi connectivity index (χ2v) is 6.08. The van der Waals surface area contributed by atoms with Crippen LogP contribution in [0.1, 0.15) is 33.1 Å². The van der Waals surface area contributed by atoms with Gasteiger partial charge in [0, 0.05) is 0 Å². The molecule has 78 valence electrons. The molecule has 0 amide bonds. The smallest absolute Gasteiger partial charge is 0.00429 e. The van der Waals surface area contributed by atoms with Crippen LogP contribution in [0.5, 0.6) is 0 Å². The molecule has 2 N–H and O–H groups in total. The Morgan fingerprint density at radius 1 is 1.43 bits per heavy atom. The van der Waals surface area contributed by atoms with Gasteiger partial charge < -0.3 is 5.73 Å². The molecule has 0 heterocycles. The summed E-state index contributed by atoms with van der Waals surface area (Å²) < 4.78 is 0. The molecule has 0 aromatic carbocycles. The number of hydrogen-bond acceptors (Lipinski definition) is 1. The van der Waals surface area contributed by atoms with Crippen molar-refractivity contribution >= 4 is 0 Å². The van der Waals surface area contributed by atoms with Crippen molar-refractivity contribution in [1.29, 1.82) is 0 Å². The zero-order chi connectivity index (χ0) is 9.92. The van der Waals surface area contributed by atoms with Crippen LogP contribution in [-0.2, 0) is 0 Å². The van der Waals surface area contributed by atoms with Gasteiger partial charge in [-0.25, -0.2) is 0 Å². The molecular formula is C13H21N. The van der Waals surface area contributed by atoms with Crippen molar-refractivity contribution in [2.75, 3.05) is 6.54 Å². The summed E-state index contributed by atoms with van der Waals surface area (Å²) in [7, 11) is 0. The highest BCUT2D eigenvalue weighted by atomic mass is 14.6. The molecule has 4 unspecified atom stereocenters. The Morgan fingerprint density at radius 2 is 2.21 bits per heavy atom. The molecule has 2 saturated carbocycles. The predicted molar refractivity (Wildman–Crippen MR) is 58.7 cm³/mol. The lowest BCUT2D eigenvalue weighted by Crippen LogP contribution is -2.48. The first-order valence-electron chi connectivity index (χ1n) is 6.04. The highest BCUT2D eigenvalue weighted by Gasteiger charge is 2.55. The van der Waals surface area contributed by atoms with Crippen LogP contribution in [0.3, 0.4) is 0 Å². The standard InChI is InChI=1S/C13H21N/c1-13(2)9-3-4-10(12(13)6-9)11-5-8(11)7-14/h4,8-9,11-12H,3,5-7,14H2,1-2H3. The van der Waals surface area contributed by atoms with Gasteiger partial charge in [0.25, 0.3) is 0 Å². The van der Waals surface area contributed by atoms with Crippen molar-refractivity contribution in [3.8, 4) is 0 Å². The summed E-state index contributed by atoms with van der Waals surface area (Å²) in [5.74, 6) is 3.59. The lowest BCUT2D eigenvalue weighted by Gasteiger charge is -2.56. The maximum Gasteiger partial charge on any atom is -0.00429 e. The summed E-state index contributed by atoms with van der Waals surface area (Å²) in [6.45, 7) is 5.82. The van der Waals surface area contributed by atoms with Crippen molar-refractivity contribution < 1.29 is 0 Å². The quantitative estimate of drug-likeness (QED) is 0.667. The van der Waals surface area contributed by atoms with Crippen LogP contribution in [0.25, 0.3) is 0 Å². The molecule has 0 aromatic rings. The fourth-order valence-electron chi connectivity index (χ4n) is 3.73. The maximum absolute atomic E-state index is 5.73. The van der Waals surface area contributed by atoms with Crippen molar-refractivity contribution in [2.45, 2.75) is 33.1 Å². The molecule has 4 aliphatic rings. The SMILES string of the molecule is CC1(C)C2CC=C(C3CC3CN)C1C2. The third kappa shape index (κ3) is 0.995. The normalized spacial score (nSPS) is 48.1. The van der Waals surface area contributed by atoms with Gasteiger partial charge in [0.1, 0.15) is 0 Å². The number of rotatable bonds is 2. The van der Waals surface area contributed by atoms with E-state index in [2.05, 4.69) is 19.9 Å². The first-order valence-corrected chi connectivity index (χ1v) is 6.04. The largest absolute Gasteiger partial charge is 0.330 e. The molecule has 2 bridgehead atoms. The third-order valence-corrected chi connectivity index (χ3v) is 5.16. The summed E-state index contributed by atoms with van der Waals surface area (Å²) in [5.41, 5.74) is 8.12. The number of hydrogen-bond donors (Lipinski definition) is 1. The minimum atomic E-state index is 0.603. The van der Waals surface area contributed by atoms with E-state index in [9.17, 15) is 0 Å². The van der Waals surface area contributed by atoms with Crippen molar-refractivity contribution in [2.24, 2.45) is 34.8 Å². The van der Waals surface area contributed by atoms with Crippen LogP contribution < -0.4 is 5.73 Å². The Bertz CT molecular complexity index is 290. The Balaban J connectivity index is 1.79. The highest BCUT2D eigenvalue weighted by Crippen LogP contribution is 2.63. The van der Waals surface area contributed by atoms with Gasteiger partial charge in [-0.3, -0.25) is 0 Å². The monoisotopic (exact) mass is 191 g/mol. The van der Waals surface area contributed by atoms with Gasteiger partial charge in [-0.05, 0) is 54.9 Å². The molecule has 1 nitrogen and oxygen atoms in total. The van der Waals surface area contributed by atoms with Gasteiger partial charge in [0.15, 0.2) is 0 Å². The zero-order valence-electron chi connectivity index (χ0n) is 9.29. The van der Waals surface area contributed by atoms with E-state index in [4.69, 9.17) is 5.73 Å². The summed E-state index contributed by atoms with van der Waals surface area (Å²) >= 11 is 0. The highest BCUT2D eigenvalue weighted by molar-refractivity contribution is 5.29. The Hall–Kier alpha value is -0.300. The third-order valence-electron chi connectivity index (χ3n) is 5.16. The van der Waals surface area contributed by atoms with E-state index in [1.807, 2.05) is 0 Å². The van der Waals surface area contributed by atoms with Gasteiger partial charge >= 0.3 is 0 Å². The predicted octanol–water partition coefficient (Wildman–Crippen LogP) is 2.57. The first-order chi connectivity index (χ1) is 6.64. The van der Waals surface area contributed by atoms with Crippen LogP contribution in [0.2, 0.25) is 0 Å². The van der Waals surface area contributed by atoms with E-state index < -0.39 is 0 Å². The minimum Gasteiger partial charge on any atom is -0.330 e. The molecule has 4 aliphatic carbocycles. The van der Waals surface area contributed by atoms with E-state index in [0.29, 0.717) is 5.41 Å². The van der Waals surface area contributed by atoms with Crippen LogP contribution in [-0.4, -0.2) is 6.54 Å². The summed E-state index contributed by atoms with van der Waals surface area (Å²) in [4.78, 5) is 0.